The quantitative estimate of drug-likeness (QED) is 0.852. The summed E-state index contributed by atoms with van der Waals surface area (Å²) in [6.45, 7) is 1.98. The number of aryl methyl sites for hydroxylation is 1. The van der Waals surface area contributed by atoms with Crippen LogP contribution in [0.3, 0.4) is 0 Å². The first-order valence-electron chi connectivity index (χ1n) is 6.09. The van der Waals surface area contributed by atoms with Crippen molar-refractivity contribution in [3.8, 4) is 0 Å². The Bertz CT molecular complexity index is 730. The van der Waals surface area contributed by atoms with Crippen molar-refractivity contribution in [3.63, 3.8) is 0 Å². The molecule has 2 aromatic rings. The number of halogens is 1. The molecule has 2 rings (SSSR count). The van der Waals surface area contributed by atoms with E-state index in [1.54, 1.807) is 18.2 Å². The molecular formula is C14H15FN2O2S. The Morgan fingerprint density at radius 3 is 2.60 bits per heavy atom. The lowest BCUT2D eigenvalue weighted by Crippen LogP contribution is -2.13. The average Bonchev–Trinajstić information content (AvgIpc) is 2.41. The largest absolute Gasteiger partial charge is 0.396 e. The van der Waals surface area contributed by atoms with E-state index in [0.717, 1.165) is 18.1 Å². The maximum absolute atomic E-state index is 13.3. The van der Waals surface area contributed by atoms with Crippen LogP contribution in [0.1, 0.15) is 12.5 Å². The maximum Gasteiger partial charge on any atom is 0.261 e. The molecule has 0 amide bonds. The standard InChI is InChI=1S/C14H15FN2O2S/c1-2-10-4-3-5-11(8-10)17-20(18,19)12-6-7-14(16)13(15)9-12/h3-9,17H,2,16H2,1H3. The summed E-state index contributed by atoms with van der Waals surface area (Å²) in [4.78, 5) is -0.161. The van der Waals surface area contributed by atoms with Crippen LogP contribution in [-0.2, 0) is 16.4 Å². The van der Waals surface area contributed by atoms with Crippen LogP contribution in [0.5, 0.6) is 0 Å². The van der Waals surface area contributed by atoms with Crippen molar-refractivity contribution in [2.45, 2.75) is 18.2 Å². The number of anilines is 2. The molecule has 106 valence electrons. The summed E-state index contributed by atoms with van der Waals surface area (Å²) in [5.74, 6) is -0.754. The lowest BCUT2D eigenvalue weighted by Gasteiger charge is -2.09. The summed E-state index contributed by atoms with van der Waals surface area (Å²) in [6, 6.07) is 10.5. The Morgan fingerprint density at radius 2 is 1.95 bits per heavy atom. The van der Waals surface area contributed by atoms with E-state index in [2.05, 4.69) is 4.72 Å². The smallest absolute Gasteiger partial charge is 0.261 e. The first kappa shape index (κ1) is 14.3. The summed E-state index contributed by atoms with van der Waals surface area (Å²) >= 11 is 0. The van der Waals surface area contributed by atoms with Crippen LogP contribution in [0.2, 0.25) is 0 Å². The van der Waals surface area contributed by atoms with Crippen LogP contribution in [0.25, 0.3) is 0 Å². The molecule has 0 aliphatic heterocycles. The van der Waals surface area contributed by atoms with E-state index in [1.807, 2.05) is 13.0 Å². The van der Waals surface area contributed by atoms with Crippen LogP contribution in [0, 0.1) is 5.82 Å². The van der Waals surface area contributed by atoms with E-state index < -0.39 is 15.8 Å². The Morgan fingerprint density at radius 1 is 1.20 bits per heavy atom. The van der Waals surface area contributed by atoms with Gasteiger partial charge >= 0.3 is 0 Å². The number of nitrogen functional groups attached to an aromatic ring is 1. The first-order chi connectivity index (χ1) is 9.42. The van der Waals surface area contributed by atoms with Gasteiger partial charge in [-0.05, 0) is 42.3 Å². The third kappa shape index (κ3) is 3.08. The van der Waals surface area contributed by atoms with E-state index in [0.29, 0.717) is 5.69 Å². The van der Waals surface area contributed by atoms with Gasteiger partial charge in [0.25, 0.3) is 10.0 Å². The highest BCUT2D eigenvalue weighted by molar-refractivity contribution is 7.92. The van der Waals surface area contributed by atoms with Gasteiger partial charge in [-0.25, -0.2) is 12.8 Å². The molecule has 3 N–H and O–H groups in total. The summed E-state index contributed by atoms with van der Waals surface area (Å²) in [7, 11) is -3.82. The molecule has 0 fully saturated rings. The Kier molecular flexibility index (Phi) is 3.94. The normalized spacial score (nSPS) is 11.3. The van der Waals surface area contributed by atoms with Gasteiger partial charge in [-0.2, -0.15) is 0 Å². The second-order valence-corrected chi connectivity index (χ2v) is 6.03. The SMILES string of the molecule is CCc1cccc(NS(=O)(=O)c2ccc(N)c(F)c2)c1. The van der Waals surface area contributed by atoms with E-state index in [-0.39, 0.29) is 10.6 Å². The lowest BCUT2D eigenvalue weighted by atomic mass is 10.1. The van der Waals surface area contributed by atoms with Crippen molar-refractivity contribution in [1.29, 1.82) is 0 Å². The predicted molar refractivity (Wildman–Crippen MR) is 77.4 cm³/mol. The molecule has 2 aromatic carbocycles. The first-order valence-corrected chi connectivity index (χ1v) is 7.57. The molecule has 0 bridgehead atoms. The zero-order valence-electron chi connectivity index (χ0n) is 10.9. The second-order valence-electron chi connectivity index (χ2n) is 4.34. The zero-order chi connectivity index (χ0) is 14.8. The van der Waals surface area contributed by atoms with E-state index in [1.165, 1.54) is 12.1 Å². The molecule has 0 aliphatic carbocycles. The summed E-state index contributed by atoms with van der Waals surface area (Å²) in [5.41, 5.74) is 6.70. The van der Waals surface area contributed by atoms with Crippen molar-refractivity contribution in [2.75, 3.05) is 10.5 Å². The van der Waals surface area contributed by atoms with Crippen molar-refractivity contribution in [1.82, 2.24) is 0 Å². The van der Waals surface area contributed by atoms with E-state index in [4.69, 9.17) is 5.73 Å². The minimum Gasteiger partial charge on any atom is -0.396 e. The van der Waals surface area contributed by atoms with Gasteiger partial charge < -0.3 is 5.73 Å². The van der Waals surface area contributed by atoms with Crippen molar-refractivity contribution < 1.29 is 12.8 Å². The van der Waals surface area contributed by atoms with Crippen LogP contribution in [0.4, 0.5) is 15.8 Å². The third-order valence-corrected chi connectivity index (χ3v) is 4.25. The number of rotatable bonds is 4. The third-order valence-electron chi connectivity index (χ3n) is 2.87. The Balaban J connectivity index is 2.32. The van der Waals surface area contributed by atoms with Gasteiger partial charge in [0.2, 0.25) is 0 Å². The molecule has 0 aromatic heterocycles. The fraction of sp³-hybridized carbons (Fsp3) is 0.143. The number of sulfonamides is 1. The molecule has 0 radical (unpaired) electrons. The Hall–Kier alpha value is -2.08. The molecule has 0 saturated carbocycles. The van der Waals surface area contributed by atoms with E-state index >= 15 is 0 Å². The van der Waals surface area contributed by atoms with Gasteiger partial charge in [-0.3, -0.25) is 4.72 Å². The maximum atomic E-state index is 13.3. The van der Waals surface area contributed by atoms with Crippen LogP contribution in [-0.4, -0.2) is 8.42 Å². The average molecular weight is 294 g/mol. The van der Waals surface area contributed by atoms with Gasteiger partial charge in [0.1, 0.15) is 5.82 Å². The fourth-order valence-corrected chi connectivity index (χ4v) is 2.80. The number of hydrogen-bond acceptors (Lipinski definition) is 3. The molecule has 4 nitrogen and oxygen atoms in total. The second kappa shape index (κ2) is 5.50. The topological polar surface area (TPSA) is 72.2 Å². The summed E-state index contributed by atoms with van der Waals surface area (Å²) in [5, 5.41) is 0. The minimum absolute atomic E-state index is 0.0862. The van der Waals surface area contributed by atoms with Crippen molar-refractivity contribution in [2.24, 2.45) is 0 Å². The molecule has 0 saturated heterocycles. The Labute approximate surface area is 117 Å². The molecule has 0 aliphatic rings. The van der Waals surface area contributed by atoms with Crippen molar-refractivity contribution in [3.05, 3.63) is 53.8 Å². The predicted octanol–water partition coefficient (Wildman–Crippen LogP) is 2.77. The highest BCUT2D eigenvalue weighted by atomic mass is 32.2. The molecular weight excluding hydrogens is 279 g/mol. The number of hydrogen-bond donors (Lipinski definition) is 2. The van der Waals surface area contributed by atoms with Gasteiger partial charge in [-0.15, -0.1) is 0 Å². The molecule has 0 heterocycles. The highest BCUT2D eigenvalue weighted by Gasteiger charge is 2.16. The summed E-state index contributed by atoms with van der Waals surface area (Å²) < 4.78 is 40.1. The van der Waals surface area contributed by atoms with Crippen LogP contribution >= 0.6 is 0 Å². The minimum atomic E-state index is -3.82. The van der Waals surface area contributed by atoms with Crippen molar-refractivity contribution >= 4 is 21.4 Å². The van der Waals surface area contributed by atoms with Crippen LogP contribution < -0.4 is 10.5 Å². The zero-order valence-corrected chi connectivity index (χ0v) is 11.7. The highest BCUT2D eigenvalue weighted by Crippen LogP contribution is 2.20. The van der Waals surface area contributed by atoms with Gasteiger partial charge in [-0.1, -0.05) is 19.1 Å². The molecule has 20 heavy (non-hydrogen) atoms. The van der Waals surface area contributed by atoms with Gasteiger partial charge in [0, 0.05) is 5.69 Å². The lowest BCUT2D eigenvalue weighted by molar-refractivity contribution is 0.596. The number of benzene rings is 2. The molecule has 0 atom stereocenters. The molecule has 6 heteroatoms. The summed E-state index contributed by atoms with van der Waals surface area (Å²) in [6.07, 6.45) is 0.798. The molecule has 0 unspecified atom stereocenters. The monoisotopic (exact) mass is 294 g/mol. The number of nitrogens with two attached hydrogens (primary N) is 1. The van der Waals surface area contributed by atoms with Gasteiger partial charge in [0.15, 0.2) is 0 Å². The fourth-order valence-electron chi connectivity index (χ4n) is 1.74. The van der Waals surface area contributed by atoms with Crippen LogP contribution in [0.15, 0.2) is 47.4 Å². The number of nitrogens with one attached hydrogen (secondary N) is 1. The van der Waals surface area contributed by atoms with E-state index in [9.17, 15) is 12.8 Å². The molecule has 0 spiro atoms. The van der Waals surface area contributed by atoms with Gasteiger partial charge in [0.05, 0.1) is 10.6 Å².